The van der Waals surface area contributed by atoms with Crippen LogP contribution in [-0.4, -0.2) is 53.1 Å². The number of thioether (sulfide) groups is 1. The molecule has 0 spiro atoms. The summed E-state index contributed by atoms with van der Waals surface area (Å²) in [5.74, 6) is 6.08. The van der Waals surface area contributed by atoms with Gasteiger partial charge in [-0.1, -0.05) is 11.8 Å². The van der Waals surface area contributed by atoms with Crippen molar-refractivity contribution in [1.29, 1.82) is 0 Å². The lowest BCUT2D eigenvalue weighted by Crippen LogP contribution is -2.29. The van der Waals surface area contributed by atoms with Crippen molar-refractivity contribution in [3.8, 4) is 11.8 Å². The number of aromatic nitrogens is 1. The zero-order valence-corrected chi connectivity index (χ0v) is 11.3. The Labute approximate surface area is 111 Å². The Morgan fingerprint density at radius 1 is 1.56 bits per heavy atom. The van der Waals surface area contributed by atoms with Crippen LogP contribution >= 0.6 is 11.8 Å². The maximum atomic E-state index is 12.0. The standard InChI is InChI=1S/C13H16N2O2S/c1-15(7-9-18-2)13(17)12-6-5-11(10-14-12)4-3-8-16/h5-6,10,16H,7-9H2,1-2H3. The van der Waals surface area contributed by atoms with Gasteiger partial charge in [0, 0.05) is 31.1 Å². The molecule has 0 atom stereocenters. The Balaban J connectivity index is 2.69. The highest BCUT2D eigenvalue weighted by molar-refractivity contribution is 7.98. The molecular weight excluding hydrogens is 248 g/mol. The minimum Gasteiger partial charge on any atom is -0.384 e. The fraction of sp³-hybridized carbons (Fsp3) is 0.385. The molecule has 1 heterocycles. The third-order valence-electron chi connectivity index (χ3n) is 2.27. The molecule has 4 nitrogen and oxygen atoms in total. The summed E-state index contributed by atoms with van der Waals surface area (Å²) >= 11 is 1.70. The van der Waals surface area contributed by atoms with E-state index in [0.29, 0.717) is 17.8 Å². The lowest BCUT2D eigenvalue weighted by molar-refractivity contribution is 0.0798. The molecule has 5 heteroatoms. The highest BCUT2D eigenvalue weighted by atomic mass is 32.2. The smallest absolute Gasteiger partial charge is 0.272 e. The second kappa shape index (κ2) is 7.75. The quantitative estimate of drug-likeness (QED) is 0.820. The Morgan fingerprint density at radius 2 is 2.33 bits per heavy atom. The summed E-state index contributed by atoms with van der Waals surface area (Å²) in [6.45, 7) is 0.520. The average Bonchev–Trinajstić information content (AvgIpc) is 2.42. The maximum Gasteiger partial charge on any atom is 0.272 e. The molecule has 1 aromatic heterocycles. The van der Waals surface area contributed by atoms with E-state index in [4.69, 9.17) is 5.11 Å². The van der Waals surface area contributed by atoms with E-state index in [1.54, 1.807) is 35.8 Å². The zero-order valence-electron chi connectivity index (χ0n) is 10.5. The van der Waals surface area contributed by atoms with Crippen molar-refractivity contribution >= 4 is 17.7 Å². The molecule has 18 heavy (non-hydrogen) atoms. The van der Waals surface area contributed by atoms with Crippen LogP contribution in [0.1, 0.15) is 16.1 Å². The van der Waals surface area contributed by atoms with Crippen molar-refractivity contribution in [2.24, 2.45) is 0 Å². The lowest BCUT2D eigenvalue weighted by Gasteiger charge is -2.15. The molecule has 0 unspecified atom stereocenters. The van der Waals surface area contributed by atoms with Crippen LogP contribution in [-0.2, 0) is 0 Å². The summed E-state index contributed by atoms with van der Waals surface area (Å²) in [4.78, 5) is 17.7. The molecule has 96 valence electrons. The average molecular weight is 264 g/mol. The van der Waals surface area contributed by atoms with Crippen molar-refractivity contribution in [3.05, 3.63) is 29.6 Å². The third-order valence-corrected chi connectivity index (χ3v) is 2.86. The van der Waals surface area contributed by atoms with Gasteiger partial charge < -0.3 is 10.0 Å². The fourth-order valence-corrected chi connectivity index (χ4v) is 1.72. The minimum atomic E-state index is -0.182. The predicted octanol–water partition coefficient (Wildman–Crippen LogP) is 0.860. The summed E-state index contributed by atoms with van der Waals surface area (Å²) in [7, 11) is 1.76. The van der Waals surface area contributed by atoms with E-state index in [1.165, 1.54) is 6.20 Å². The molecule has 0 aliphatic carbocycles. The number of nitrogens with zero attached hydrogens (tertiary/aromatic N) is 2. The largest absolute Gasteiger partial charge is 0.384 e. The normalized spacial score (nSPS) is 9.50. The van der Waals surface area contributed by atoms with Gasteiger partial charge in [-0.05, 0) is 18.4 Å². The molecule has 0 aliphatic heterocycles. The fourth-order valence-electron chi connectivity index (χ4n) is 1.26. The highest BCUT2D eigenvalue weighted by Crippen LogP contribution is 2.03. The van der Waals surface area contributed by atoms with Crippen LogP contribution in [0.25, 0.3) is 0 Å². The number of hydrogen-bond donors (Lipinski definition) is 1. The number of carbonyl (C=O) groups is 1. The van der Waals surface area contributed by atoms with Gasteiger partial charge in [-0.25, -0.2) is 4.98 Å². The number of aliphatic hydroxyl groups is 1. The van der Waals surface area contributed by atoms with Gasteiger partial charge in [-0.2, -0.15) is 11.8 Å². The Morgan fingerprint density at radius 3 is 2.89 bits per heavy atom. The molecule has 1 aromatic rings. The Hall–Kier alpha value is -1.51. The number of carbonyl (C=O) groups excluding carboxylic acids is 1. The Kier molecular flexibility index (Phi) is 6.26. The first-order valence-electron chi connectivity index (χ1n) is 5.49. The molecule has 1 amide bonds. The highest BCUT2D eigenvalue weighted by Gasteiger charge is 2.11. The number of pyridine rings is 1. The first-order chi connectivity index (χ1) is 8.69. The molecule has 1 rings (SSSR count). The summed E-state index contributed by atoms with van der Waals surface area (Å²) < 4.78 is 0. The van der Waals surface area contributed by atoms with Crippen molar-refractivity contribution in [3.63, 3.8) is 0 Å². The van der Waals surface area contributed by atoms with Crippen LogP contribution in [0.3, 0.4) is 0 Å². The van der Waals surface area contributed by atoms with E-state index in [-0.39, 0.29) is 12.5 Å². The summed E-state index contributed by atoms with van der Waals surface area (Å²) in [6.07, 6.45) is 3.55. The van der Waals surface area contributed by atoms with Crippen LogP contribution in [0.4, 0.5) is 0 Å². The van der Waals surface area contributed by atoms with E-state index in [2.05, 4.69) is 16.8 Å². The maximum absolute atomic E-state index is 12.0. The van der Waals surface area contributed by atoms with Gasteiger partial charge in [0.2, 0.25) is 0 Å². The predicted molar refractivity (Wildman–Crippen MR) is 73.5 cm³/mol. The number of amides is 1. The summed E-state index contributed by atoms with van der Waals surface area (Å²) in [6, 6.07) is 3.38. The lowest BCUT2D eigenvalue weighted by atomic mass is 10.2. The van der Waals surface area contributed by atoms with Gasteiger partial charge in [0.1, 0.15) is 12.3 Å². The number of hydrogen-bond acceptors (Lipinski definition) is 4. The Bertz CT molecular complexity index is 448. The van der Waals surface area contributed by atoms with E-state index >= 15 is 0 Å². The topological polar surface area (TPSA) is 53.4 Å². The van der Waals surface area contributed by atoms with Crippen LogP contribution in [0.15, 0.2) is 18.3 Å². The first kappa shape index (κ1) is 14.6. The van der Waals surface area contributed by atoms with Crippen LogP contribution in [0.2, 0.25) is 0 Å². The van der Waals surface area contributed by atoms with Gasteiger partial charge in [0.15, 0.2) is 0 Å². The molecule has 0 aliphatic rings. The van der Waals surface area contributed by atoms with Gasteiger partial charge >= 0.3 is 0 Å². The molecule has 1 N–H and O–H groups in total. The molecule has 0 bridgehead atoms. The number of aliphatic hydroxyl groups excluding tert-OH is 1. The van der Waals surface area contributed by atoms with Crippen molar-refractivity contribution in [2.75, 3.05) is 32.2 Å². The number of rotatable bonds is 4. The van der Waals surface area contributed by atoms with Crippen molar-refractivity contribution in [1.82, 2.24) is 9.88 Å². The first-order valence-corrected chi connectivity index (χ1v) is 6.88. The van der Waals surface area contributed by atoms with Crippen LogP contribution in [0, 0.1) is 11.8 Å². The second-order valence-corrected chi connectivity index (χ2v) is 4.60. The van der Waals surface area contributed by atoms with Gasteiger partial charge in [0.05, 0.1) is 0 Å². The summed E-state index contributed by atoms with van der Waals surface area (Å²) in [5.41, 5.74) is 1.10. The van der Waals surface area contributed by atoms with E-state index in [9.17, 15) is 4.79 Å². The van der Waals surface area contributed by atoms with Gasteiger partial charge in [-0.3, -0.25) is 4.79 Å². The monoisotopic (exact) mass is 264 g/mol. The SMILES string of the molecule is CSCCN(C)C(=O)c1ccc(C#CCO)cn1. The molecule has 0 saturated carbocycles. The molecule has 0 saturated heterocycles. The second-order valence-electron chi connectivity index (χ2n) is 3.61. The van der Waals surface area contributed by atoms with Crippen molar-refractivity contribution < 1.29 is 9.90 Å². The van der Waals surface area contributed by atoms with Gasteiger partial charge in [0.25, 0.3) is 5.91 Å². The zero-order chi connectivity index (χ0) is 13.4. The van der Waals surface area contributed by atoms with Crippen LogP contribution < -0.4 is 0 Å². The molecule has 0 radical (unpaired) electrons. The van der Waals surface area contributed by atoms with Crippen molar-refractivity contribution in [2.45, 2.75) is 0 Å². The summed E-state index contributed by atoms with van der Waals surface area (Å²) in [5, 5.41) is 8.57. The minimum absolute atomic E-state index is 0.0919. The molecule has 0 fully saturated rings. The van der Waals surface area contributed by atoms with E-state index < -0.39 is 0 Å². The molecule has 0 aromatic carbocycles. The van der Waals surface area contributed by atoms with Crippen LogP contribution in [0.5, 0.6) is 0 Å². The van der Waals surface area contributed by atoms with E-state index in [1.807, 2.05) is 6.26 Å². The third kappa shape index (κ3) is 4.40. The van der Waals surface area contributed by atoms with E-state index in [0.717, 1.165) is 5.75 Å². The molecular formula is C13H16N2O2S. The van der Waals surface area contributed by atoms with Gasteiger partial charge in [-0.15, -0.1) is 0 Å².